The molecule has 86 valence electrons. The van der Waals surface area contributed by atoms with Crippen LogP contribution in [0.2, 0.25) is 0 Å². The summed E-state index contributed by atoms with van der Waals surface area (Å²) in [6, 6.07) is 0. The first-order valence-electron chi connectivity index (χ1n) is 5.19. The van der Waals surface area contributed by atoms with Crippen LogP contribution in [0, 0.1) is 0 Å². The lowest BCUT2D eigenvalue weighted by Gasteiger charge is -2.10. The van der Waals surface area contributed by atoms with Crippen molar-refractivity contribution in [1.82, 2.24) is 4.90 Å². The van der Waals surface area contributed by atoms with E-state index in [1.807, 2.05) is 18.7 Å². The molecule has 1 aliphatic rings. The fraction of sp³-hybridized carbons (Fsp3) is 0.636. The van der Waals surface area contributed by atoms with Crippen molar-refractivity contribution in [2.75, 3.05) is 18.6 Å². The molecule has 1 heterocycles. The molecule has 0 atom stereocenters. The molecule has 0 bridgehead atoms. The SMILES string of the molecule is CCCN1C(=O)C=CC1=O.CCCSC. The molecule has 2 amide bonds. The highest BCUT2D eigenvalue weighted by atomic mass is 32.2. The number of imide groups is 1. The Kier molecular flexibility index (Phi) is 8.09. The molecule has 0 aliphatic carbocycles. The maximum absolute atomic E-state index is 10.8. The predicted molar refractivity (Wildman–Crippen MR) is 64.8 cm³/mol. The maximum atomic E-state index is 10.8. The average molecular weight is 229 g/mol. The van der Waals surface area contributed by atoms with Crippen LogP contribution in [0.1, 0.15) is 26.7 Å². The van der Waals surface area contributed by atoms with Crippen LogP contribution in [0.5, 0.6) is 0 Å². The summed E-state index contributed by atoms with van der Waals surface area (Å²) in [6.07, 6.45) is 6.86. The molecule has 0 unspecified atom stereocenters. The zero-order chi connectivity index (χ0) is 11.7. The summed E-state index contributed by atoms with van der Waals surface area (Å²) in [5.41, 5.74) is 0. The Morgan fingerprint density at radius 2 is 1.67 bits per heavy atom. The Hall–Kier alpha value is -0.770. The average Bonchev–Trinajstić information content (AvgIpc) is 2.52. The van der Waals surface area contributed by atoms with Gasteiger partial charge in [0.25, 0.3) is 11.8 Å². The van der Waals surface area contributed by atoms with Crippen LogP contribution in [-0.4, -0.2) is 35.3 Å². The maximum Gasteiger partial charge on any atom is 0.253 e. The Morgan fingerprint density at radius 3 is 1.93 bits per heavy atom. The van der Waals surface area contributed by atoms with Crippen molar-refractivity contribution in [1.29, 1.82) is 0 Å². The second kappa shape index (κ2) is 8.53. The fourth-order valence-electron chi connectivity index (χ4n) is 1.08. The first-order valence-corrected chi connectivity index (χ1v) is 6.59. The summed E-state index contributed by atoms with van der Waals surface area (Å²) in [5.74, 6) is 0.929. The van der Waals surface area contributed by atoms with E-state index in [-0.39, 0.29) is 11.8 Å². The minimum Gasteiger partial charge on any atom is -0.275 e. The van der Waals surface area contributed by atoms with E-state index in [9.17, 15) is 9.59 Å². The van der Waals surface area contributed by atoms with Crippen molar-refractivity contribution in [2.24, 2.45) is 0 Å². The summed E-state index contributed by atoms with van der Waals surface area (Å²) in [6.45, 7) is 4.65. The van der Waals surface area contributed by atoms with Gasteiger partial charge >= 0.3 is 0 Å². The number of thioether (sulfide) groups is 1. The number of nitrogens with zero attached hydrogens (tertiary/aromatic N) is 1. The molecule has 0 fully saturated rings. The standard InChI is InChI=1S/C7H9NO2.C4H10S/c1-2-5-8-6(9)3-4-7(8)10;1-3-4-5-2/h3-4H,2,5H2,1H3;3-4H2,1-2H3. The van der Waals surface area contributed by atoms with Gasteiger partial charge in [0, 0.05) is 18.7 Å². The monoisotopic (exact) mass is 229 g/mol. The number of amides is 2. The number of rotatable bonds is 4. The van der Waals surface area contributed by atoms with E-state index in [0.29, 0.717) is 6.54 Å². The molecule has 0 saturated heterocycles. The van der Waals surface area contributed by atoms with Gasteiger partial charge in [-0.05, 0) is 24.9 Å². The lowest BCUT2D eigenvalue weighted by Crippen LogP contribution is -2.30. The molecule has 0 aromatic heterocycles. The summed E-state index contributed by atoms with van der Waals surface area (Å²) in [7, 11) is 0. The highest BCUT2D eigenvalue weighted by Gasteiger charge is 2.21. The van der Waals surface area contributed by atoms with Gasteiger partial charge in [-0.25, -0.2) is 0 Å². The van der Waals surface area contributed by atoms with Gasteiger partial charge in [-0.15, -0.1) is 0 Å². The van der Waals surface area contributed by atoms with Crippen LogP contribution in [0.15, 0.2) is 12.2 Å². The Balaban J connectivity index is 0.000000336. The van der Waals surface area contributed by atoms with Crippen molar-refractivity contribution in [2.45, 2.75) is 26.7 Å². The highest BCUT2D eigenvalue weighted by Crippen LogP contribution is 2.03. The normalized spacial score (nSPS) is 14.2. The fourth-order valence-corrected chi connectivity index (χ4v) is 1.49. The van der Waals surface area contributed by atoms with Crippen LogP contribution in [0.3, 0.4) is 0 Å². The van der Waals surface area contributed by atoms with Gasteiger partial charge in [-0.3, -0.25) is 14.5 Å². The van der Waals surface area contributed by atoms with Gasteiger partial charge in [-0.2, -0.15) is 11.8 Å². The van der Waals surface area contributed by atoms with Crippen LogP contribution >= 0.6 is 11.8 Å². The third-order valence-electron chi connectivity index (χ3n) is 1.76. The molecule has 0 aromatic carbocycles. The predicted octanol–water partition coefficient (Wildman–Crippen LogP) is 2.08. The van der Waals surface area contributed by atoms with Crippen LogP contribution in [0.4, 0.5) is 0 Å². The lowest BCUT2D eigenvalue weighted by atomic mass is 10.4. The quantitative estimate of drug-likeness (QED) is 0.693. The second-order valence-electron chi connectivity index (χ2n) is 3.15. The molecule has 4 heteroatoms. The van der Waals surface area contributed by atoms with E-state index < -0.39 is 0 Å². The zero-order valence-electron chi connectivity index (χ0n) is 9.66. The van der Waals surface area contributed by atoms with Crippen molar-refractivity contribution in [3.05, 3.63) is 12.2 Å². The summed E-state index contributed by atoms with van der Waals surface area (Å²) in [5, 5.41) is 0. The van der Waals surface area contributed by atoms with Crippen molar-refractivity contribution < 1.29 is 9.59 Å². The van der Waals surface area contributed by atoms with Gasteiger partial charge in [0.15, 0.2) is 0 Å². The van der Waals surface area contributed by atoms with E-state index in [2.05, 4.69) is 13.2 Å². The Labute approximate surface area is 95.9 Å². The Bertz CT molecular complexity index is 219. The molecule has 1 aliphatic heterocycles. The van der Waals surface area contributed by atoms with E-state index in [1.54, 1.807) is 0 Å². The van der Waals surface area contributed by atoms with Gasteiger partial charge in [0.05, 0.1) is 0 Å². The molecule has 0 aromatic rings. The first kappa shape index (κ1) is 14.2. The number of hydrogen-bond acceptors (Lipinski definition) is 3. The van der Waals surface area contributed by atoms with Crippen LogP contribution in [-0.2, 0) is 9.59 Å². The second-order valence-corrected chi connectivity index (χ2v) is 4.14. The topological polar surface area (TPSA) is 37.4 Å². The van der Waals surface area contributed by atoms with E-state index >= 15 is 0 Å². The van der Waals surface area contributed by atoms with Crippen molar-refractivity contribution in [3.8, 4) is 0 Å². The summed E-state index contributed by atoms with van der Waals surface area (Å²) in [4.78, 5) is 22.8. The highest BCUT2D eigenvalue weighted by molar-refractivity contribution is 7.98. The lowest BCUT2D eigenvalue weighted by molar-refractivity contribution is -0.136. The third kappa shape index (κ3) is 5.62. The molecule has 1 rings (SSSR count). The van der Waals surface area contributed by atoms with E-state index in [0.717, 1.165) is 6.42 Å². The summed E-state index contributed by atoms with van der Waals surface area (Å²) >= 11 is 1.90. The smallest absolute Gasteiger partial charge is 0.253 e. The molecule has 3 nitrogen and oxygen atoms in total. The third-order valence-corrected chi connectivity index (χ3v) is 2.57. The zero-order valence-corrected chi connectivity index (χ0v) is 10.5. The largest absolute Gasteiger partial charge is 0.275 e. The molecule has 15 heavy (non-hydrogen) atoms. The molecule has 0 saturated carbocycles. The van der Waals surface area contributed by atoms with Crippen LogP contribution < -0.4 is 0 Å². The van der Waals surface area contributed by atoms with E-state index in [4.69, 9.17) is 0 Å². The molecular formula is C11H19NO2S. The molecule has 0 radical (unpaired) electrons. The van der Waals surface area contributed by atoms with Crippen molar-refractivity contribution in [3.63, 3.8) is 0 Å². The number of hydrogen-bond donors (Lipinski definition) is 0. The minimum atomic E-state index is -0.188. The summed E-state index contributed by atoms with van der Waals surface area (Å²) < 4.78 is 0. The van der Waals surface area contributed by atoms with Crippen LogP contribution in [0.25, 0.3) is 0 Å². The van der Waals surface area contributed by atoms with Gasteiger partial charge in [0.1, 0.15) is 0 Å². The van der Waals surface area contributed by atoms with Crippen molar-refractivity contribution >= 4 is 23.6 Å². The Morgan fingerprint density at radius 1 is 1.13 bits per heavy atom. The van der Waals surface area contributed by atoms with Gasteiger partial charge < -0.3 is 0 Å². The molecular weight excluding hydrogens is 210 g/mol. The number of carbonyl (C=O) groups excluding carboxylic acids is 2. The first-order chi connectivity index (χ1) is 7.17. The van der Waals surface area contributed by atoms with Gasteiger partial charge in [0.2, 0.25) is 0 Å². The molecule has 0 spiro atoms. The van der Waals surface area contributed by atoms with Gasteiger partial charge in [-0.1, -0.05) is 13.8 Å². The van der Waals surface area contributed by atoms with E-state index in [1.165, 1.54) is 29.2 Å². The minimum absolute atomic E-state index is 0.188. The number of carbonyl (C=O) groups is 2. The molecule has 0 N–H and O–H groups in total.